The molecule has 0 bridgehead atoms. The van der Waals surface area contributed by atoms with Gasteiger partial charge in [-0.3, -0.25) is 9.69 Å². The van der Waals surface area contributed by atoms with Crippen LogP contribution in [0.25, 0.3) is 0 Å². The first kappa shape index (κ1) is 14.8. The normalized spacial score (nSPS) is 18.5. The molecule has 0 radical (unpaired) electrons. The van der Waals surface area contributed by atoms with Crippen LogP contribution in [-0.2, 0) is 11.2 Å². The second-order valence-electron chi connectivity index (χ2n) is 5.54. The summed E-state index contributed by atoms with van der Waals surface area (Å²) < 4.78 is 0. The number of amides is 1. The van der Waals surface area contributed by atoms with Gasteiger partial charge in [0.15, 0.2) is 0 Å². The van der Waals surface area contributed by atoms with E-state index in [1.165, 1.54) is 15.3 Å². The van der Waals surface area contributed by atoms with E-state index >= 15 is 0 Å². The number of thiophene rings is 2. The van der Waals surface area contributed by atoms with Crippen LogP contribution in [0.5, 0.6) is 0 Å². The van der Waals surface area contributed by atoms with E-state index in [9.17, 15) is 4.79 Å². The topological polar surface area (TPSA) is 23.6 Å². The third-order valence-corrected chi connectivity index (χ3v) is 5.91. The van der Waals surface area contributed by atoms with Crippen molar-refractivity contribution in [2.45, 2.75) is 18.9 Å². The maximum Gasteiger partial charge on any atom is 0.223 e. The van der Waals surface area contributed by atoms with Crippen molar-refractivity contribution < 1.29 is 4.79 Å². The second-order valence-corrected chi connectivity index (χ2v) is 7.52. The van der Waals surface area contributed by atoms with Gasteiger partial charge in [0, 0.05) is 43.4 Å². The van der Waals surface area contributed by atoms with Gasteiger partial charge in [-0.25, -0.2) is 0 Å². The average Bonchev–Trinajstić information content (AvgIpc) is 3.14. The molecule has 3 nitrogen and oxygen atoms in total. The Labute approximate surface area is 133 Å². The largest absolute Gasteiger partial charge is 0.349 e. The van der Waals surface area contributed by atoms with Crippen molar-refractivity contribution in [3.05, 3.63) is 44.3 Å². The number of rotatable bonds is 4. The number of hydrogen-bond acceptors (Lipinski definition) is 4. The number of carbonyl (C=O) groups is 1. The lowest BCUT2D eigenvalue weighted by molar-refractivity contribution is -0.129. The van der Waals surface area contributed by atoms with Crippen molar-refractivity contribution in [3.63, 3.8) is 0 Å². The van der Waals surface area contributed by atoms with E-state index in [4.69, 9.17) is 0 Å². The Hall–Kier alpha value is -1.17. The van der Waals surface area contributed by atoms with Crippen LogP contribution in [0.4, 0.5) is 0 Å². The molecule has 0 unspecified atom stereocenters. The minimum atomic E-state index is 0.205. The quantitative estimate of drug-likeness (QED) is 0.863. The van der Waals surface area contributed by atoms with Gasteiger partial charge in [0.25, 0.3) is 0 Å². The smallest absolute Gasteiger partial charge is 0.223 e. The first-order valence-electron chi connectivity index (χ1n) is 7.20. The Bertz CT molecular complexity index is 604. The lowest BCUT2D eigenvalue weighted by Crippen LogP contribution is -2.37. The molecule has 0 aromatic carbocycles. The monoisotopic (exact) mass is 320 g/mol. The third kappa shape index (κ3) is 3.05. The highest BCUT2D eigenvalue weighted by atomic mass is 32.1. The van der Waals surface area contributed by atoms with Crippen LogP contribution in [0.3, 0.4) is 0 Å². The summed E-state index contributed by atoms with van der Waals surface area (Å²) in [6.07, 6.45) is 1.69. The zero-order chi connectivity index (χ0) is 14.8. The van der Waals surface area contributed by atoms with Gasteiger partial charge in [0.05, 0.1) is 6.04 Å². The van der Waals surface area contributed by atoms with Crippen molar-refractivity contribution in [2.75, 3.05) is 27.2 Å². The Kier molecular flexibility index (Phi) is 4.42. The Morgan fingerprint density at radius 1 is 1.33 bits per heavy atom. The molecule has 0 saturated heterocycles. The van der Waals surface area contributed by atoms with E-state index in [1.807, 2.05) is 36.8 Å². The molecule has 3 heterocycles. The Morgan fingerprint density at radius 2 is 2.19 bits per heavy atom. The fourth-order valence-electron chi connectivity index (χ4n) is 2.85. The maximum atomic E-state index is 11.9. The maximum absolute atomic E-state index is 11.9. The van der Waals surface area contributed by atoms with Crippen LogP contribution in [-0.4, -0.2) is 42.9 Å². The molecular formula is C16H20N2OS2. The zero-order valence-corrected chi connectivity index (χ0v) is 14.0. The zero-order valence-electron chi connectivity index (χ0n) is 12.4. The molecule has 3 rings (SSSR count). The summed E-state index contributed by atoms with van der Waals surface area (Å²) in [4.78, 5) is 18.9. The minimum Gasteiger partial charge on any atom is -0.349 e. The van der Waals surface area contributed by atoms with Crippen molar-refractivity contribution in [3.8, 4) is 0 Å². The van der Waals surface area contributed by atoms with Crippen molar-refractivity contribution in [2.24, 2.45) is 0 Å². The molecule has 0 N–H and O–H groups in total. The van der Waals surface area contributed by atoms with Gasteiger partial charge in [-0.2, -0.15) is 0 Å². The highest BCUT2D eigenvalue weighted by Crippen LogP contribution is 2.39. The highest BCUT2D eigenvalue weighted by molar-refractivity contribution is 7.10. The lowest BCUT2D eigenvalue weighted by Gasteiger charge is -2.35. The Balaban J connectivity index is 1.81. The minimum absolute atomic E-state index is 0.205. The van der Waals surface area contributed by atoms with Gasteiger partial charge in [0.1, 0.15) is 0 Å². The average molecular weight is 320 g/mol. The van der Waals surface area contributed by atoms with Crippen LogP contribution in [0.15, 0.2) is 29.0 Å². The molecule has 2 aromatic rings. The lowest BCUT2D eigenvalue weighted by atomic mass is 9.98. The molecule has 1 atom stereocenters. The van der Waals surface area contributed by atoms with Crippen molar-refractivity contribution >= 4 is 28.6 Å². The van der Waals surface area contributed by atoms with Crippen LogP contribution >= 0.6 is 22.7 Å². The van der Waals surface area contributed by atoms with E-state index in [1.54, 1.807) is 4.90 Å². The van der Waals surface area contributed by atoms with Gasteiger partial charge in [-0.15, -0.1) is 22.7 Å². The second kappa shape index (κ2) is 6.30. The Morgan fingerprint density at radius 3 is 2.90 bits per heavy atom. The summed E-state index contributed by atoms with van der Waals surface area (Å²) in [5, 5.41) is 4.33. The van der Waals surface area contributed by atoms with Gasteiger partial charge in [0.2, 0.25) is 5.91 Å². The summed E-state index contributed by atoms with van der Waals surface area (Å²) >= 11 is 3.67. The molecule has 1 aliphatic rings. The van der Waals surface area contributed by atoms with Gasteiger partial charge < -0.3 is 4.90 Å². The fourth-order valence-corrected chi connectivity index (χ4v) is 4.63. The molecule has 0 saturated carbocycles. The predicted molar refractivity (Wildman–Crippen MR) is 89.1 cm³/mol. The summed E-state index contributed by atoms with van der Waals surface area (Å²) in [5.41, 5.74) is 1.44. The van der Waals surface area contributed by atoms with Gasteiger partial charge in [-0.05, 0) is 34.9 Å². The number of carbonyl (C=O) groups excluding carboxylic acids is 1. The summed E-state index contributed by atoms with van der Waals surface area (Å²) in [5.74, 6) is 0.205. The molecule has 5 heteroatoms. The van der Waals surface area contributed by atoms with Crippen LogP contribution < -0.4 is 0 Å². The molecular weight excluding hydrogens is 300 g/mol. The van der Waals surface area contributed by atoms with E-state index in [0.29, 0.717) is 12.5 Å². The highest BCUT2D eigenvalue weighted by Gasteiger charge is 2.30. The van der Waals surface area contributed by atoms with E-state index in [2.05, 4.69) is 33.9 Å². The molecule has 21 heavy (non-hydrogen) atoms. The number of hydrogen-bond donors (Lipinski definition) is 0. The number of nitrogens with zero attached hydrogens (tertiary/aromatic N) is 2. The standard InChI is InChI=1S/C16H20N2OS2/c1-17(2)15(19)6-9-18-8-5-13-12(7-11-21-13)16(18)14-4-3-10-20-14/h3-4,7,10-11,16H,5-6,8-9H2,1-2H3/t16-/m1/s1. The molecule has 0 spiro atoms. The summed E-state index contributed by atoms with van der Waals surface area (Å²) in [7, 11) is 3.65. The van der Waals surface area contributed by atoms with Crippen molar-refractivity contribution in [1.82, 2.24) is 9.80 Å². The first-order valence-corrected chi connectivity index (χ1v) is 8.96. The summed E-state index contributed by atoms with van der Waals surface area (Å²) in [6, 6.07) is 6.91. The number of fused-ring (bicyclic) bond motifs is 1. The SMILES string of the molecule is CN(C)C(=O)CCN1CCc2sccc2[C@@H]1c1cccs1. The molecule has 0 fully saturated rings. The molecule has 2 aromatic heterocycles. The van der Waals surface area contributed by atoms with Crippen molar-refractivity contribution in [1.29, 1.82) is 0 Å². The fraction of sp³-hybridized carbons (Fsp3) is 0.438. The molecule has 112 valence electrons. The van der Waals surface area contributed by atoms with Crippen LogP contribution in [0.1, 0.15) is 27.8 Å². The molecule has 1 amide bonds. The van der Waals surface area contributed by atoms with E-state index < -0.39 is 0 Å². The first-order chi connectivity index (χ1) is 10.2. The van der Waals surface area contributed by atoms with Crippen LogP contribution in [0, 0.1) is 0 Å². The van der Waals surface area contributed by atoms with E-state index in [-0.39, 0.29) is 5.91 Å². The van der Waals surface area contributed by atoms with E-state index in [0.717, 1.165) is 19.5 Å². The van der Waals surface area contributed by atoms with Gasteiger partial charge in [-0.1, -0.05) is 6.07 Å². The molecule has 0 aliphatic carbocycles. The predicted octanol–water partition coefficient (Wildman–Crippen LogP) is 3.24. The summed E-state index contributed by atoms with van der Waals surface area (Å²) in [6.45, 7) is 1.87. The van der Waals surface area contributed by atoms with Crippen LogP contribution in [0.2, 0.25) is 0 Å². The molecule has 1 aliphatic heterocycles. The van der Waals surface area contributed by atoms with Gasteiger partial charge >= 0.3 is 0 Å². The third-order valence-electron chi connectivity index (χ3n) is 3.99.